The maximum Gasteiger partial charge on any atom is 0.343 e. The van der Waals surface area contributed by atoms with Crippen molar-refractivity contribution in [3.05, 3.63) is 16.1 Å². The molecular formula is C10H20NO5P3S. The van der Waals surface area contributed by atoms with E-state index < -0.39 is 30.0 Å². The molecule has 3 atom stereocenters. The fourth-order valence-corrected chi connectivity index (χ4v) is 7.07. The number of thiazole rings is 1. The Balaban J connectivity index is 2.67. The summed E-state index contributed by atoms with van der Waals surface area (Å²) >= 11 is 1.60. The Kier molecular flexibility index (Phi) is 7.69. The molecule has 6 nitrogen and oxygen atoms in total. The first-order valence-electron chi connectivity index (χ1n) is 5.98. The molecule has 10 heteroatoms. The van der Waals surface area contributed by atoms with Gasteiger partial charge in [0, 0.05) is 30.8 Å². The number of nitrogens with zero attached hydrogens (tertiary/aromatic N) is 1. The summed E-state index contributed by atoms with van der Waals surface area (Å²) < 4.78 is 22.8. The van der Waals surface area contributed by atoms with Gasteiger partial charge in [0.1, 0.15) is 0 Å². The summed E-state index contributed by atoms with van der Waals surface area (Å²) in [5, 5.41) is 0.964. The fourth-order valence-electron chi connectivity index (χ4n) is 1.51. The third kappa shape index (κ3) is 6.13. The molecule has 20 heavy (non-hydrogen) atoms. The summed E-state index contributed by atoms with van der Waals surface area (Å²) in [7, 11) is -7.15. The highest BCUT2D eigenvalue weighted by atomic mass is 32.1. The van der Waals surface area contributed by atoms with E-state index in [0.717, 1.165) is 9.88 Å². The number of aryl methyl sites for hydroxylation is 2. The van der Waals surface area contributed by atoms with Crippen LogP contribution in [0.2, 0.25) is 0 Å². The number of rotatable bonds is 8. The molecule has 0 bridgehead atoms. The maximum atomic E-state index is 12.6. The van der Waals surface area contributed by atoms with Crippen LogP contribution in [-0.2, 0) is 19.6 Å². The van der Waals surface area contributed by atoms with Gasteiger partial charge in [0.25, 0.3) is 0 Å². The monoisotopic (exact) mass is 359 g/mol. The van der Waals surface area contributed by atoms with Crippen molar-refractivity contribution in [2.75, 3.05) is 13.3 Å². The second-order valence-corrected chi connectivity index (χ2v) is 10.8. The van der Waals surface area contributed by atoms with E-state index in [2.05, 4.69) is 4.98 Å². The number of aromatic nitrogens is 1. The van der Waals surface area contributed by atoms with Crippen molar-refractivity contribution in [2.24, 2.45) is 0 Å². The predicted octanol–water partition coefficient (Wildman–Crippen LogP) is 3.87. The largest absolute Gasteiger partial charge is 0.350 e. The lowest BCUT2D eigenvalue weighted by Crippen LogP contribution is -2.08. The normalized spacial score (nSPS) is 19.3. The Morgan fingerprint density at radius 3 is 2.35 bits per heavy atom. The van der Waals surface area contributed by atoms with Gasteiger partial charge in [-0.3, -0.25) is 13.2 Å². The van der Waals surface area contributed by atoms with Gasteiger partial charge >= 0.3 is 7.60 Å². The molecule has 0 saturated heterocycles. The molecule has 0 aliphatic heterocycles. The summed E-state index contributed by atoms with van der Waals surface area (Å²) in [5.41, 5.74) is -0.416. The Labute approximate surface area is 125 Å². The van der Waals surface area contributed by atoms with E-state index in [1.807, 2.05) is 6.92 Å². The first-order chi connectivity index (χ1) is 9.23. The highest BCUT2D eigenvalue weighted by Gasteiger charge is 2.36. The van der Waals surface area contributed by atoms with E-state index in [1.165, 1.54) is 13.3 Å². The number of hydrogen-bond acceptors (Lipinski definition) is 7. The molecule has 0 radical (unpaired) electrons. The topological polar surface area (TPSA) is 88.9 Å². The van der Waals surface area contributed by atoms with Crippen molar-refractivity contribution in [2.45, 2.75) is 32.3 Å². The predicted molar refractivity (Wildman–Crippen MR) is 84.5 cm³/mol. The lowest BCUT2D eigenvalue weighted by Gasteiger charge is -2.25. The van der Waals surface area contributed by atoms with Gasteiger partial charge in [-0.15, -0.1) is 11.3 Å². The van der Waals surface area contributed by atoms with Crippen LogP contribution in [0.4, 0.5) is 0 Å². The van der Waals surface area contributed by atoms with E-state index in [1.54, 1.807) is 24.5 Å². The SMILES string of the molecule is Cc1cnc(CCC(C)P(=O)(OP(C)O)OP(C)O)s1. The minimum Gasteiger partial charge on any atom is -0.350 e. The third-order valence-corrected chi connectivity index (χ3v) is 8.47. The number of hydrogen-bond donors (Lipinski definition) is 2. The van der Waals surface area contributed by atoms with Crippen LogP contribution in [0.1, 0.15) is 23.2 Å². The van der Waals surface area contributed by atoms with Crippen LogP contribution in [0.25, 0.3) is 0 Å². The van der Waals surface area contributed by atoms with Crippen LogP contribution in [0.3, 0.4) is 0 Å². The molecule has 0 aliphatic carbocycles. The molecular weight excluding hydrogens is 339 g/mol. The van der Waals surface area contributed by atoms with E-state index in [0.29, 0.717) is 12.8 Å². The van der Waals surface area contributed by atoms with E-state index in [9.17, 15) is 14.4 Å². The van der Waals surface area contributed by atoms with Crippen molar-refractivity contribution in [1.82, 2.24) is 4.98 Å². The van der Waals surface area contributed by atoms with Crippen LogP contribution < -0.4 is 0 Å². The molecule has 116 valence electrons. The van der Waals surface area contributed by atoms with Crippen LogP contribution in [0.15, 0.2) is 6.20 Å². The van der Waals surface area contributed by atoms with Crippen molar-refractivity contribution in [3.63, 3.8) is 0 Å². The average molecular weight is 359 g/mol. The molecule has 0 amide bonds. The van der Waals surface area contributed by atoms with E-state index >= 15 is 0 Å². The first-order valence-corrected chi connectivity index (χ1v) is 11.7. The molecule has 1 aromatic heterocycles. The second-order valence-electron chi connectivity index (χ2n) is 4.38. The molecule has 0 aliphatic rings. The van der Waals surface area contributed by atoms with Gasteiger partial charge in [0.2, 0.25) is 0 Å². The Bertz CT molecular complexity index is 454. The lowest BCUT2D eigenvalue weighted by molar-refractivity contribution is 0.364. The Morgan fingerprint density at radius 1 is 1.40 bits per heavy atom. The lowest BCUT2D eigenvalue weighted by atomic mass is 10.2. The van der Waals surface area contributed by atoms with E-state index in [-0.39, 0.29) is 0 Å². The van der Waals surface area contributed by atoms with Gasteiger partial charge < -0.3 is 9.79 Å². The van der Waals surface area contributed by atoms with Gasteiger partial charge in [-0.2, -0.15) is 0 Å². The molecule has 0 spiro atoms. The second kappa shape index (κ2) is 8.26. The quantitative estimate of drug-likeness (QED) is 0.685. The molecule has 2 N–H and O–H groups in total. The van der Waals surface area contributed by atoms with Crippen molar-refractivity contribution >= 4 is 35.7 Å². The summed E-state index contributed by atoms with van der Waals surface area (Å²) in [5.74, 6) is 0. The molecule has 1 rings (SSSR count). The van der Waals surface area contributed by atoms with Crippen molar-refractivity contribution in [1.29, 1.82) is 0 Å². The summed E-state index contributed by atoms with van der Waals surface area (Å²) in [6.45, 7) is 6.57. The zero-order valence-electron chi connectivity index (χ0n) is 11.9. The van der Waals surface area contributed by atoms with Crippen molar-refractivity contribution in [3.8, 4) is 0 Å². The molecule has 3 unspecified atom stereocenters. The van der Waals surface area contributed by atoms with Crippen LogP contribution in [-0.4, -0.2) is 33.8 Å². The Morgan fingerprint density at radius 2 is 1.95 bits per heavy atom. The molecule has 1 aromatic rings. The Hall–Kier alpha value is 0.560. The van der Waals surface area contributed by atoms with Gasteiger partial charge in [0.15, 0.2) is 16.8 Å². The van der Waals surface area contributed by atoms with Gasteiger partial charge in [0.05, 0.1) is 10.7 Å². The zero-order valence-corrected chi connectivity index (χ0v) is 15.4. The minimum atomic E-state index is -3.52. The standard InChI is InChI=1S/C10H20NO5P3S/c1-8(5-6-10-11-7-9(2)20-10)19(14,15-17(3)12)16-18(4)13/h7-8,12-13H,5-6H2,1-4H3. The van der Waals surface area contributed by atoms with E-state index in [4.69, 9.17) is 8.62 Å². The van der Waals surface area contributed by atoms with Crippen LogP contribution in [0, 0.1) is 6.92 Å². The smallest absolute Gasteiger partial charge is 0.343 e. The molecule has 0 saturated carbocycles. The summed E-state index contributed by atoms with van der Waals surface area (Å²) in [6.07, 6.45) is 3.02. The summed E-state index contributed by atoms with van der Waals surface area (Å²) in [4.78, 5) is 24.1. The summed E-state index contributed by atoms with van der Waals surface area (Å²) in [6, 6.07) is 0. The molecule has 0 fully saturated rings. The van der Waals surface area contributed by atoms with Crippen molar-refractivity contribution < 1.29 is 23.0 Å². The van der Waals surface area contributed by atoms with Gasteiger partial charge in [-0.25, -0.2) is 4.98 Å². The zero-order chi connectivity index (χ0) is 15.3. The molecule has 1 heterocycles. The fraction of sp³-hybridized carbons (Fsp3) is 0.700. The highest BCUT2D eigenvalue weighted by Crippen LogP contribution is 2.66. The van der Waals surface area contributed by atoms with Gasteiger partial charge in [-0.1, -0.05) is 6.92 Å². The highest BCUT2D eigenvalue weighted by molar-refractivity contribution is 7.69. The van der Waals surface area contributed by atoms with Gasteiger partial charge in [-0.05, 0) is 13.3 Å². The maximum absolute atomic E-state index is 12.6. The van der Waals surface area contributed by atoms with Crippen LogP contribution >= 0.6 is 35.7 Å². The molecule has 0 aromatic carbocycles. The average Bonchev–Trinajstić information content (AvgIpc) is 2.69. The first kappa shape index (κ1) is 18.6. The van der Waals surface area contributed by atoms with Crippen LogP contribution in [0.5, 0.6) is 0 Å². The minimum absolute atomic E-state index is 0.416. The third-order valence-electron chi connectivity index (χ3n) is 2.45.